The number of hydrogen-bond donors (Lipinski definition) is 1. The second-order valence-electron chi connectivity index (χ2n) is 3.80. The number of rotatable bonds is 4. The molecule has 5 heteroatoms. The molecule has 0 aromatic heterocycles. The molecule has 0 aliphatic heterocycles. The van der Waals surface area contributed by atoms with Crippen LogP contribution in [0.15, 0.2) is 36.4 Å². The molecule has 0 aliphatic carbocycles. The Hall–Kier alpha value is -1.71. The molecule has 3 nitrogen and oxygen atoms in total. The van der Waals surface area contributed by atoms with E-state index < -0.39 is 0 Å². The van der Waals surface area contributed by atoms with Crippen molar-refractivity contribution in [1.82, 2.24) is 0 Å². The van der Waals surface area contributed by atoms with Gasteiger partial charge in [-0.1, -0.05) is 29.3 Å². The summed E-state index contributed by atoms with van der Waals surface area (Å²) >= 11 is 11.8. The van der Waals surface area contributed by atoms with E-state index in [1.807, 2.05) is 0 Å². The first-order chi connectivity index (χ1) is 9.15. The topological polar surface area (TPSA) is 38.3 Å². The zero-order valence-corrected chi connectivity index (χ0v) is 11.6. The fourth-order valence-electron chi connectivity index (χ4n) is 1.67. The molecule has 19 heavy (non-hydrogen) atoms. The Labute approximate surface area is 121 Å². The van der Waals surface area contributed by atoms with Gasteiger partial charge in [0.1, 0.15) is 5.75 Å². The summed E-state index contributed by atoms with van der Waals surface area (Å²) in [5.74, 6) is 0.579. The third-order valence-electron chi connectivity index (χ3n) is 2.59. The van der Waals surface area contributed by atoms with Crippen molar-refractivity contribution in [2.24, 2.45) is 0 Å². The number of aldehydes is 1. The number of carbonyl (C=O) groups is 1. The maximum atomic E-state index is 11.1. The monoisotopic (exact) mass is 295 g/mol. The molecule has 0 aliphatic rings. The van der Waals surface area contributed by atoms with E-state index in [-0.39, 0.29) is 0 Å². The van der Waals surface area contributed by atoms with Gasteiger partial charge in [-0.15, -0.1) is 0 Å². The predicted octanol–water partition coefficient (Wildman–Crippen LogP) is 4.56. The van der Waals surface area contributed by atoms with Crippen LogP contribution in [0.1, 0.15) is 10.4 Å². The highest BCUT2D eigenvalue weighted by molar-refractivity contribution is 6.42. The van der Waals surface area contributed by atoms with Gasteiger partial charge in [0.15, 0.2) is 6.29 Å². The van der Waals surface area contributed by atoms with Crippen molar-refractivity contribution in [1.29, 1.82) is 0 Å². The average molecular weight is 296 g/mol. The van der Waals surface area contributed by atoms with Crippen LogP contribution in [0.4, 0.5) is 11.4 Å². The minimum atomic E-state index is 0.439. The van der Waals surface area contributed by atoms with Crippen molar-refractivity contribution in [3.8, 4) is 5.75 Å². The highest BCUT2D eigenvalue weighted by Gasteiger charge is 2.09. The van der Waals surface area contributed by atoms with Crippen molar-refractivity contribution in [3.05, 3.63) is 52.0 Å². The van der Waals surface area contributed by atoms with E-state index in [9.17, 15) is 4.79 Å². The normalized spacial score (nSPS) is 10.1. The lowest BCUT2D eigenvalue weighted by molar-refractivity contribution is 0.112. The van der Waals surface area contributed by atoms with Crippen molar-refractivity contribution < 1.29 is 9.53 Å². The highest BCUT2D eigenvalue weighted by atomic mass is 35.5. The number of benzene rings is 2. The molecular formula is C14H11Cl2NO2. The number of halogens is 2. The molecule has 1 N–H and O–H groups in total. The summed E-state index contributed by atoms with van der Waals surface area (Å²) in [6.07, 6.45) is 0.766. The summed E-state index contributed by atoms with van der Waals surface area (Å²) in [6, 6.07) is 10.4. The molecule has 0 amide bonds. The molecule has 0 saturated carbocycles. The number of methoxy groups -OCH3 is 1. The Kier molecular flexibility index (Phi) is 4.30. The lowest BCUT2D eigenvalue weighted by Gasteiger charge is -2.13. The zero-order chi connectivity index (χ0) is 13.8. The summed E-state index contributed by atoms with van der Waals surface area (Å²) in [6.45, 7) is 0. The molecule has 0 radical (unpaired) electrons. The standard InChI is InChI=1S/C14H11Cl2NO2/c1-19-13-4-2-3-9(8-18)14(13)17-10-5-6-11(15)12(16)7-10/h2-8,17H,1H3. The van der Waals surface area contributed by atoms with E-state index in [1.54, 1.807) is 43.5 Å². The third-order valence-corrected chi connectivity index (χ3v) is 3.33. The number of para-hydroxylation sites is 1. The molecule has 2 rings (SSSR count). The van der Waals surface area contributed by atoms with Gasteiger partial charge in [0.25, 0.3) is 0 Å². The molecule has 2 aromatic rings. The van der Waals surface area contributed by atoms with Crippen LogP contribution in [0.5, 0.6) is 5.75 Å². The fraction of sp³-hybridized carbons (Fsp3) is 0.0714. The molecule has 0 atom stereocenters. The Morgan fingerprint density at radius 1 is 1.16 bits per heavy atom. The molecule has 0 saturated heterocycles. The first kappa shape index (κ1) is 13.7. The summed E-state index contributed by atoms with van der Waals surface area (Å²) in [5, 5.41) is 4.03. The second-order valence-corrected chi connectivity index (χ2v) is 4.61. The first-order valence-corrected chi connectivity index (χ1v) is 6.25. The lowest BCUT2D eigenvalue weighted by atomic mass is 10.1. The van der Waals surface area contributed by atoms with Crippen molar-refractivity contribution in [2.75, 3.05) is 12.4 Å². The van der Waals surface area contributed by atoms with E-state index in [2.05, 4.69) is 5.32 Å². The highest BCUT2D eigenvalue weighted by Crippen LogP contribution is 2.32. The van der Waals surface area contributed by atoms with E-state index in [0.29, 0.717) is 27.0 Å². The van der Waals surface area contributed by atoms with Gasteiger partial charge in [0.05, 0.1) is 22.8 Å². The van der Waals surface area contributed by atoms with Crippen LogP contribution in [0, 0.1) is 0 Å². The smallest absolute Gasteiger partial charge is 0.152 e. The molecule has 98 valence electrons. The number of nitrogens with one attached hydrogen (secondary N) is 1. The predicted molar refractivity (Wildman–Crippen MR) is 78.1 cm³/mol. The summed E-state index contributed by atoms with van der Waals surface area (Å²) in [4.78, 5) is 11.1. The van der Waals surface area contributed by atoms with Crippen LogP contribution < -0.4 is 10.1 Å². The zero-order valence-electron chi connectivity index (χ0n) is 10.1. The minimum Gasteiger partial charge on any atom is -0.495 e. The molecule has 0 unspecified atom stereocenters. The van der Waals surface area contributed by atoms with Gasteiger partial charge >= 0.3 is 0 Å². The summed E-state index contributed by atoms with van der Waals surface area (Å²) in [5.41, 5.74) is 1.82. The van der Waals surface area contributed by atoms with Gasteiger partial charge in [0, 0.05) is 11.3 Å². The number of carbonyl (C=O) groups excluding carboxylic acids is 1. The van der Waals surface area contributed by atoms with Gasteiger partial charge < -0.3 is 10.1 Å². The van der Waals surface area contributed by atoms with Crippen LogP contribution in [-0.4, -0.2) is 13.4 Å². The quantitative estimate of drug-likeness (QED) is 0.841. The second kappa shape index (κ2) is 5.95. The van der Waals surface area contributed by atoms with E-state index in [4.69, 9.17) is 27.9 Å². The third kappa shape index (κ3) is 3.00. The molecule has 0 heterocycles. The van der Waals surface area contributed by atoms with Gasteiger partial charge in [-0.05, 0) is 30.3 Å². The van der Waals surface area contributed by atoms with E-state index >= 15 is 0 Å². The van der Waals surface area contributed by atoms with Crippen molar-refractivity contribution >= 4 is 40.9 Å². The van der Waals surface area contributed by atoms with E-state index in [1.165, 1.54) is 0 Å². The molecule has 0 bridgehead atoms. The first-order valence-electron chi connectivity index (χ1n) is 5.50. The van der Waals surface area contributed by atoms with Gasteiger partial charge in [-0.3, -0.25) is 4.79 Å². The van der Waals surface area contributed by atoms with Crippen LogP contribution in [0.3, 0.4) is 0 Å². The average Bonchev–Trinajstić information content (AvgIpc) is 2.43. The molecular weight excluding hydrogens is 285 g/mol. The van der Waals surface area contributed by atoms with Crippen LogP contribution >= 0.6 is 23.2 Å². The summed E-state index contributed by atoms with van der Waals surface area (Å²) < 4.78 is 5.23. The Bertz CT molecular complexity index is 614. The van der Waals surface area contributed by atoms with Gasteiger partial charge in [-0.25, -0.2) is 0 Å². The van der Waals surface area contributed by atoms with Crippen molar-refractivity contribution in [2.45, 2.75) is 0 Å². The number of hydrogen-bond acceptors (Lipinski definition) is 3. The Balaban J connectivity index is 2.41. The fourth-order valence-corrected chi connectivity index (χ4v) is 1.97. The Morgan fingerprint density at radius 3 is 2.58 bits per heavy atom. The van der Waals surface area contributed by atoms with Gasteiger partial charge in [0.2, 0.25) is 0 Å². The number of ether oxygens (including phenoxy) is 1. The Morgan fingerprint density at radius 2 is 1.95 bits per heavy atom. The van der Waals surface area contributed by atoms with Crippen LogP contribution in [-0.2, 0) is 0 Å². The van der Waals surface area contributed by atoms with Crippen molar-refractivity contribution in [3.63, 3.8) is 0 Å². The minimum absolute atomic E-state index is 0.439. The molecule has 0 fully saturated rings. The van der Waals surface area contributed by atoms with Crippen LogP contribution in [0.25, 0.3) is 0 Å². The maximum absolute atomic E-state index is 11.1. The lowest BCUT2D eigenvalue weighted by Crippen LogP contribution is -1.98. The largest absolute Gasteiger partial charge is 0.495 e. The molecule has 0 spiro atoms. The maximum Gasteiger partial charge on any atom is 0.152 e. The summed E-state index contributed by atoms with van der Waals surface area (Å²) in [7, 11) is 1.55. The SMILES string of the molecule is COc1cccc(C=O)c1Nc1ccc(Cl)c(Cl)c1. The van der Waals surface area contributed by atoms with Gasteiger partial charge in [-0.2, -0.15) is 0 Å². The van der Waals surface area contributed by atoms with E-state index in [0.717, 1.165) is 12.0 Å². The van der Waals surface area contributed by atoms with Crippen LogP contribution in [0.2, 0.25) is 10.0 Å². The number of anilines is 2. The molecule has 2 aromatic carbocycles.